The minimum Gasteiger partial charge on any atom is -0.423 e. The highest BCUT2D eigenvalue weighted by atomic mass is 16.4. The summed E-state index contributed by atoms with van der Waals surface area (Å²) >= 11 is 0. The highest BCUT2D eigenvalue weighted by molar-refractivity contribution is 5.94. The molecular weight excluding hydrogens is 578 g/mol. The molecule has 0 radical (unpaired) electrons. The molecule has 0 saturated heterocycles. The van der Waals surface area contributed by atoms with E-state index in [-0.39, 0.29) is 32.9 Å². The van der Waals surface area contributed by atoms with Gasteiger partial charge in [0.1, 0.15) is 0 Å². The van der Waals surface area contributed by atoms with Crippen LogP contribution in [0.5, 0.6) is 0 Å². The zero-order valence-corrected chi connectivity index (χ0v) is 30.7. The fraction of sp³-hybridized carbons (Fsp3) is 0.690. The van der Waals surface area contributed by atoms with Crippen molar-refractivity contribution in [2.75, 3.05) is 14.1 Å². The molecule has 1 aromatic heterocycles. The van der Waals surface area contributed by atoms with Crippen molar-refractivity contribution in [1.29, 1.82) is 0 Å². The molecule has 5 heteroatoms. The maximum absolute atomic E-state index is 12.0. The summed E-state index contributed by atoms with van der Waals surface area (Å²) in [7, 11) is 4.13. The standard InChI is InChI=1S/C42H59N3O2/c1-26(2)30-17-22-42(37-44-43-35(47-37)25-45(9)10)24-23-40(7)32(36(30)42)15-16-34-39(6)20-18-31(29-13-11-28(12-14-29)27(3)46)38(4,5)33(39)19-21-41(34,40)8/h11-14,18,30,32-34,36H,1,15-17,19-25H2,2-10H3/t30-,32+,33-,34+,36+,39-,40+,41+,42-/m0/s1. The van der Waals surface area contributed by atoms with E-state index in [2.05, 4.69) is 90.4 Å². The molecule has 9 atom stereocenters. The van der Waals surface area contributed by atoms with Gasteiger partial charge in [0.25, 0.3) is 0 Å². The van der Waals surface area contributed by atoms with Crippen molar-refractivity contribution < 1.29 is 9.21 Å². The van der Waals surface area contributed by atoms with Gasteiger partial charge in [0.2, 0.25) is 11.8 Å². The monoisotopic (exact) mass is 637 g/mol. The SMILES string of the molecule is C=C(C)[C@@H]1CC[C@]2(c3nnc(CN(C)C)o3)CC[C@]3(C)[C@H](CC[C@@H]4[C@@]5(C)CC=C(c6ccc(C(C)=O)cc6)C(C)(C)[C@@H]5CC[C@]43C)[C@@H]12. The first kappa shape index (κ1) is 33.0. The van der Waals surface area contributed by atoms with E-state index in [9.17, 15) is 4.79 Å². The number of fused-ring (bicyclic) bond motifs is 7. The molecule has 2 aromatic rings. The topological polar surface area (TPSA) is 59.2 Å². The number of Topliss-reactive ketones (excluding diaryl/α,β-unsaturated/α-hetero) is 1. The summed E-state index contributed by atoms with van der Waals surface area (Å²) in [6.07, 6.45) is 13.6. The quantitative estimate of drug-likeness (QED) is 0.233. The molecule has 5 nitrogen and oxygen atoms in total. The van der Waals surface area contributed by atoms with Crippen LogP contribution in [0.15, 0.2) is 46.9 Å². The van der Waals surface area contributed by atoms with Crippen LogP contribution in [0.3, 0.4) is 0 Å². The molecule has 4 fully saturated rings. The maximum atomic E-state index is 12.0. The summed E-state index contributed by atoms with van der Waals surface area (Å²) in [6, 6.07) is 8.41. The van der Waals surface area contributed by atoms with Crippen molar-refractivity contribution in [2.45, 2.75) is 118 Å². The van der Waals surface area contributed by atoms with Crippen LogP contribution in [0, 0.1) is 51.2 Å². The summed E-state index contributed by atoms with van der Waals surface area (Å²) in [5, 5.41) is 9.37. The second-order valence-corrected chi connectivity index (χ2v) is 18.3. The zero-order valence-electron chi connectivity index (χ0n) is 30.7. The first-order chi connectivity index (χ1) is 22.1. The summed E-state index contributed by atoms with van der Waals surface area (Å²) < 4.78 is 6.57. The average molecular weight is 638 g/mol. The lowest BCUT2D eigenvalue weighted by Crippen LogP contribution is -2.65. The molecule has 0 spiro atoms. The van der Waals surface area contributed by atoms with Crippen molar-refractivity contribution in [1.82, 2.24) is 15.1 Å². The van der Waals surface area contributed by atoms with Crippen LogP contribution in [0.2, 0.25) is 0 Å². The lowest BCUT2D eigenvalue weighted by molar-refractivity contribution is -0.219. The Morgan fingerprint density at radius 2 is 1.62 bits per heavy atom. The molecule has 0 N–H and O–H groups in total. The Hall–Kier alpha value is -2.53. The van der Waals surface area contributed by atoms with Crippen molar-refractivity contribution in [3.05, 3.63) is 65.4 Å². The van der Waals surface area contributed by atoms with E-state index in [0.717, 1.165) is 36.6 Å². The van der Waals surface area contributed by atoms with E-state index in [1.807, 2.05) is 12.1 Å². The Bertz CT molecular complexity index is 1600. The fourth-order valence-electron chi connectivity index (χ4n) is 13.3. The lowest BCUT2D eigenvalue weighted by Gasteiger charge is -2.72. The molecule has 0 aliphatic heterocycles. The van der Waals surface area contributed by atoms with Crippen LogP contribution < -0.4 is 0 Å². The van der Waals surface area contributed by atoms with E-state index in [0.29, 0.717) is 36.1 Å². The molecule has 0 amide bonds. The number of carbonyl (C=O) groups is 1. The number of rotatable bonds is 6. The van der Waals surface area contributed by atoms with Crippen LogP contribution >= 0.6 is 0 Å². The highest BCUT2D eigenvalue weighted by Gasteiger charge is 2.71. The number of hydrogen-bond acceptors (Lipinski definition) is 5. The molecule has 1 aromatic carbocycles. The van der Waals surface area contributed by atoms with Gasteiger partial charge in [0, 0.05) is 5.56 Å². The predicted octanol–water partition coefficient (Wildman–Crippen LogP) is 9.94. The Morgan fingerprint density at radius 1 is 0.894 bits per heavy atom. The predicted molar refractivity (Wildman–Crippen MR) is 190 cm³/mol. The van der Waals surface area contributed by atoms with Gasteiger partial charge < -0.3 is 9.32 Å². The fourth-order valence-corrected chi connectivity index (χ4v) is 13.3. The van der Waals surface area contributed by atoms with Gasteiger partial charge in [-0.3, -0.25) is 4.79 Å². The van der Waals surface area contributed by atoms with E-state index >= 15 is 0 Å². The van der Waals surface area contributed by atoms with Gasteiger partial charge in [-0.2, -0.15) is 0 Å². The van der Waals surface area contributed by atoms with Gasteiger partial charge in [-0.1, -0.05) is 77.1 Å². The van der Waals surface area contributed by atoms with Crippen LogP contribution in [0.4, 0.5) is 0 Å². The van der Waals surface area contributed by atoms with Gasteiger partial charge in [-0.25, -0.2) is 0 Å². The van der Waals surface area contributed by atoms with Crippen LogP contribution in [-0.2, 0) is 12.0 Å². The number of hydrogen-bond donors (Lipinski definition) is 0. The number of aromatic nitrogens is 2. The number of nitrogens with zero attached hydrogens (tertiary/aromatic N) is 3. The third-order valence-electron chi connectivity index (χ3n) is 15.6. The van der Waals surface area contributed by atoms with E-state index in [4.69, 9.17) is 9.52 Å². The number of benzene rings is 1. The first-order valence-electron chi connectivity index (χ1n) is 18.5. The molecule has 1 heterocycles. The zero-order chi connectivity index (χ0) is 33.7. The molecule has 254 valence electrons. The molecule has 0 unspecified atom stereocenters. The van der Waals surface area contributed by atoms with E-state index in [1.165, 1.54) is 55.2 Å². The number of allylic oxidation sites excluding steroid dienone is 3. The number of carbonyl (C=O) groups excluding carboxylic acids is 1. The smallest absolute Gasteiger partial charge is 0.230 e. The maximum Gasteiger partial charge on any atom is 0.230 e. The van der Waals surface area contributed by atoms with Gasteiger partial charge in [0.15, 0.2) is 5.78 Å². The Labute approximate surface area is 284 Å². The van der Waals surface area contributed by atoms with Gasteiger partial charge in [-0.15, -0.1) is 10.2 Å². The van der Waals surface area contributed by atoms with E-state index < -0.39 is 0 Å². The Morgan fingerprint density at radius 3 is 2.28 bits per heavy atom. The van der Waals surface area contributed by atoms with Crippen molar-refractivity contribution >= 4 is 11.4 Å². The molecule has 7 rings (SSSR count). The normalized spacial score (nSPS) is 40.6. The van der Waals surface area contributed by atoms with Crippen LogP contribution in [0.1, 0.15) is 134 Å². The first-order valence-corrected chi connectivity index (χ1v) is 18.5. The van der Waals surface area contributed by atoms with Crippen molar-refractivity contribution in [3.63, 3.8) is 0 Å². The van der Waals surface area contributed by atoms with Gasteiger partial charge in [-0.05, 0) is 148 Å². The Balaban J connectivity index is 1.24. The van der Waals surface area contributed by atoms with Gasteiger partial charge in [0.05, 0.1) is 12.0 Å². The largest absolute Gasteiger partial charge is 0.423 e. The molecule has 0 bridgehead atoms. The third-order valence-corrected chi connectivity index (χ3v) is 15.6. The molecule has 5 aliphatic carbocycles. The molecule has 4 saturated carbocycles. The van der Waals surface area contributed by atoms with Crippen LogP contribution in [-0.4, -0.2) is 35.0 Å². The average Bonchev–Trinajstić information content (AvgIpc) is 3.63. The number of ketones is 1. The molecule has 5 aliphatic rings. The second-order valence-electron chi connectivity index (χ2n) is 18.3. The van der Waals surface area contributed by atoms with Crippen molar-refractivity contribution in [2.24, 2.45) is 51.2 Å². The summed E-state index contributed by atoms with van der Waals surface area (Å²) in [5.41, 5.74) is 5.76. The summed E-state index contributed by atoms with van der Waals surface area (Å²) in [6.45, 7) is 22.3. The minimum atomic E-state index is -0.0297. The highest BCUT2D eigenvalue weighted by Crippen LogP contribution is 2.77. The Kier molecular flexibility index (Phi) is 7.71. The van der Waals surface area contributed by atoms with Gasteiger partial charge >= 0.3 is 0 Å². The second kappa shape index (κ2) is 11.0. The molecule has 47 heavy (non-hydrogen) atoms. The summed E-state index contributed by atoms with van der Waals surface area (Å²) in [5.74, 6) is 4.78. The third kappa shape index (κ3) is 4.60. The lowest BCUT2D eigenvalue weighted by atomic mass is 9.32. The van der Waals surface area contributed by atoms with E-state index in [1.54, 1.807) is 6.92 Å². The van der Waals surface area contributed by atoms with Crippen molar-refractivity contribution in [3.8, 4) is 0 Å². The molecular formula is C42H59N3O2. The summed E-state index contributed by atoms with van der Waals surface area (Å²) in [4.78, 5) is 14.1. The minimum absolute atomic E-state index is 0.0297. The van der Waals surface area contributed by atoms with Crippen LogP contribution in [0.25, 0.3) is 5.57 Å².